The fraction of sp³-hybridized carbons (Fsp3) is 1.00. The number of aliphatic hydroxyl groups is 1. The Labute approximate surface area is 62.4 Å². The fourth-order valence-electron chi connectivity index (χ4n) is 1.17. The van der Waals surface area contributed by atoms with Crippen molar-refractivity contribution in [2.24, 2.45) is 5.92 Å². The van der Waals surface area contributed by atoms with E-state index in [0.29, 0.717) is 0 Å². The molecule has 1 rings (SSSR count). The summed E-state index contributed by atoms with van der Waals surface area (Å²) in [5, 5.41) is 11.4. The van der Waals surface area contributed by atoms with Gasteiger partial charge in [-0.3, -0.25) is 0 Å². The van der Waals surface area contributed by atoms with Gasteiger partial charge in [0.1, 0.15) is 0 Å². The molecule has 0 radical (unpaired) electrons. The van der Waals surface area contributed by atoms with Crippen LogP contribution in [0, 0.1) is 5.92 Å². The van der Waals surface area contributed by atoms with E-state index in [1.807, 2.05) is 0 Å². The molecule has 0 aromatic carbocycles. The zero-order valence-corrected chi connectivity index (χ0v) is 5.86. The number of piperidine rings is 1. The molecule has 2 nitrogen and oxygen atoms in total. The molecular formula is C6H10F3NO. The molecule has 0 amide bonds. The highest BCUT2D eigenvalue weighted by atomic mass is 19.4. The van der Waals surface area contributed by atoms with E-state index in [4.69, 9.17) is 5.11 Å². The molecule has 0 aliphatic carbocycles. The summed E-state index contributed by atoms with van der Waals surface area (Å²) in [6, 6.07) is 0. The molecule has 2 N–H and O–H groups in total. The van der Waals surface area contributed by atoms with Crippen molar-refractivity contribution >= 4 is 0 Å². The zero-order valence-electron chi connectivity index (χ0n) is 5.86. The van der Waals surface area contributed by atoms with Gasteiger partial charge in [-0.2, -0.15) is 13.2 Å². The largest absolute Gasteiger partial charge is 0.393 e. The predicted molar refractivity (Wildman–Crippen MR) is 33.0 cm³/mol. The third kappa shape index (κ3) is 2.34. The second kappa shape index (κ2) is 2.98. The number of hydrogen-bond acceptors (Lipinski definition) is 2. The Morgan fingerprint density at radius 1 is 1.27 bits per heavy atom. The lowest BCUT2D eigenvalue weighted by atomic mass is 9.97. The van der Waals surface area contributed by atoms with Crippen molar-refractivity contribution in [3.8, 4) is 0 Å². The van der Waals surface area contributed by atoms with Gasteiger partial charge in [-0.25, -0.2) is 0 Å². The topological polar surface area (TPSA) is 32.3 Å². The van der Waals surface area contributed by atoms with Crippen molar-refractivity contribution in [2.75, 3.05) is 13.1 Å². The molecule has 2 atom stereocenters. The Hall–Kier alpha value is -0.290. The second-order valence-corrected chi connectivity index (χ2v) is 2.79. The van der Waals surface area contributed by atoms with E-state index in [0.717, 1.165) is 0 Å². The lowest BCUT2D eigenvalue weighted by Gasteiger charge is -2.28. The Balaban J connectivity index is 2.46. The molecule has 0 bridgehead atoms. The lowest BCUT2D eigenvalue weighted by molar-refractivity contribution is -0.185. The molecule has 0 spiro atoms. The van der Waals surface area contributed by atoms with E-state index < -0.39 is 18.2 Å². The fourth-order valence-corrected chi connectivity index (χ4v) is 1.17. The molecule has 11 heavy (non-hydrogen) atoms. The molecule has 1 unspecified atom stereocenters. The summed E-state index contributed by atoms with van der Waals surface area (Å²) in [6.45, 7) is 0.202. The number of β-amino-alcohol motifs (C(OH)–C–C–N with tert-alkyl or cyclic N) is 1. The Morgan fingerprint density at radius 3 is 2.27 bits per heavy atom. The molecule has 1 heterocycles. The molecule has 5 heteroatoms. The van der Waals surface area contributed by atoms with Gasteiger partial charge in [-0.05, 0) is 6.42 Å². The van der Waals surface area contributed by atoms with E-state index in [1.54, 1.807) is 0 Å². The smallest absolute Gasteiger partial charge is 0.392 e. The first-order valence-electron chi connectivity index (χ1n) is 3.45. The van der Waals surface area contributed by atoms with Crippen LogP contribution in [-0.4, -0.2) is 30.5 Å². The summed E-state index contributed by atoms with van der Waals surface area (Å²) in [5.74, 6) is -1.38. The molecule has 0 aromatic heterocycles. The second-order valence-electron chi connectivity index (χ2n) is 2.79. The van der Waals surface area contributed by atoms with Crippen molar-refractivity contribution in [3.63, 3.8) is 0 Å². The van der Waals surface area contributed by atoms with Crippen LogP contribution in [0.5, 0.6) is 0 Å². The van der Waals surface area contributed by atoms with Gasteiger partial charge in [0.2, 0.25) is 0 Å². The predicted octanol–water partition coefficient (Wildman–Crippen LogP) is 0.519. The lowest BCUT2D eigenvalue weighted by Crippen LogP contribution is -2.45. The van der Waals surface area contributed by atoms with Crippen molar-refractivity contribution in [2.45, 2.75) is 18.7 Å². The summed E-state index contributed by atoms with van der Waals surface area (Å²) in [5.41, 5.74) is 0. The summed E-state index contributed by atoms with van der Waals surface area (Å²) in [4.78, 5) is 0. The van der Waals surface area contributed by atoms with Gasteiger partial charge in [0, 0.05) is 13.1 Å². The zero-order chi connectivity index (χ0) is 8.48. The highest BCUT2D eigenvalue weighted by Gasteiger charge is 2.41. The van der Waals surface area contributed by atoms with E-state index in [-0.39, 0.29) is 19.5 Å². The van der Waals surface area contributed by atoms with Gasteiger partial charge in [-0.1, -0.05) is 0 Å². The summed E-state index contributed by atoms with van der Waals surface area (Å²) < 4.78 is 35.9. The number of rotatable bonds is 0. The van der Waals surface area contributed by atoms with Crippen LogP contribution in [0.2, 0.25) is 0 Å². The first-order valence-corrected chi connectivity index (χ1v) is 3.45. The monoisotopic (exact) mass is 169 g/mol. The minimum Gasteiger partial charge on any atom is -0.392 e. The van der Waals surface area contributed by atoms with Crippen molar-refractivity contribution < 1.29 is 18.3 Å². The first-order chi connectivity index (χ1) is 5.00. The van der Waals surface area contributed by atoms with Crippen LogP contribution in [0.3, 0.4) is 0 Å². The summed E-state index contributed by atoms with van der Waals surface area (Å²) >= 11 is 0. The number of nitrogens with one attached hydrogen (secondary N) is 1. The molecule has 0 saturated carbocycles. The SMILES string of the molecule is O[C@@H]1CNCC(C(F)(F)F)C1. The van der Waals surface area contributed by atoms with Crippen LogP contribution < -0.4 is 5.32 Å². The maximum absolute atomic E-state index is 12.0. The van der Waals surface area contributed by atoms with Crippen molar-refractivity contribution in [3.05, 3.63) is 0 Å². The average Bonchev–Trinajstić information content (AvgIpc) is 1.86. The molecule has 66 valence electrons. The third-order valence-electron chi connectivity index (χ3n) is 1.79. The van der Waals surface area contributed by atoms with Crippen LogP contribution in [0.15, 0.2) is 0 Å². The van der Waals surface area contributed by atoms with Gasteiger partial charge in [0.05, 0.1) is 12.0 Å². The van der Waals surface area contributed by atoms with E-state index in [9.17, 15) is 13.2 Å². The highest BCUT2D eigenvalue weighted by molar-refractivity contribution is 4.79. The maximum atomic E-state index is 12.0. The van der Waals surface area contributed by atoms with Crippen LogP contribution in [0.1, 0.15) is 6.42 Å². The quantitative estimate of drug-likeness (QED) is 0.554. The molecule has 1 saturated heterocycles. The molecule has 1 fully saturated rings. The van der Waals surface area contributed by atoms with Gasteiger partial charge >= 0.3 is 6.18 Å². The van der Waals surface area contributed by atoms with Crippen molar-refractivity contribution in [1.82, 2.24) is 5.32 Å². The molecule has 1 aliphatic rings. The minimum atomic E-state index is -4.17. The molecular weight excluding hydrogens is 159 g/mol. The summed E-state index contributed by atoms with van der Waals surface area (Å²) in [7, 11) is 0. The number of aliphatic hydroxyl groups excluding tert-OH is 1. The standard InChI is InChI=1S/C6H10F3NO/c7-6(8,9)4-1-5(11)3-10-2-4/h4-5,10-11H,1-3H2/t4?,5-/m0/s1. The average molecular weight is 169 g/mol. The summed E-state index contributed by atoms with van der Waals surface area (Å²) in [6.07, 6.45) is -5.19. The maximum Gasteiger partial charge on any atom is 0.393 e. The van der Waals surface area contributed by atoms with Gasteiger partial charge in [0.25, 0.3) is 0 Å². The Kier molecular flexibility index (Phi) is 2.39. The Bertz CT molecular complexity index is 136. The van der Waals surface area contributed by atoms with Gasteiger partial charge in [0.15, 0.2) is 0 Å². The van der Waals surface area contributed by atoms with E-state index >= 15 is 0 Å². The van der Waals surface area contributed by atoms with Crippen molar-refractivity contribution in [1.29, 1.82) is 0 Å². The number of hydrogen-bond donors (Lipinski definition) is 2. The van der Waals surface area contributed by atoms with E-state index in [2.05, 4.69) is 5.32 Å². The molecule has 0 aromatic rings. The minimum absolute atomic E-state index is 0.0689. The van der Waals surface area contributed by atoms with Gasteiger partial charge in [-0.15, -0.1) is 0 Å². The first kappa shape index (κ1) is 8.80. The van der Waals surface area contributed by atoms with Gasteiger partial charge < -0.3 is 10.4 Å². The van der Waals surface area contributed by atoms with Crippen LogP contribution >= 0.6 is 0 Å². The normalized spacial score (nSPS) is 33.8. The van der Waals surface area contributed by atoms with Crippen LogP contribution in [0.4, 0.5) is 13.2 Å². The third-order valence-corrected chi connectivity index (χ3v) is 1.79. The van der Waals surface area contributed by atoms with Crippen LogP contribution in [0.25, 0.3) is 0 Å². The highest BCUT2D eigenvalue weighted by Crippen LogP contribution is 2.30. The number of alkyl halides is 3. The Morgan fingerprint density at radius 2 is 1.91 bits per heavy atom. The molecule has 1 aliphatic heterocycles. The number of halogens is 3. The van der Waals surface area contributed by atoms with Crippen LogP contribution in [-0.2, 0) is 0 Å². The van der Waals surface area contributed by atoms with E-state index in [1.165, 1.54) is 0 Å².